The van der Waals surface area contributed by atoms with Crippen molar-refractivity contribution in [1.29, 1.82) is 0 Å². The van der Waals surface area contributed by atoms with E-state index < -0.39 is 8.80 Å². The van der Waals surface area contributed by atoms with Crippen molar-refractivity contribution in [3.05, 3.63) is 0 Å². The molecule has 0 saturated carbocycles. The highest BCUT2D eigenvalue weighted by molar-refractivity contribution is 6.62. The zero-order valence-electron chi connectivity index (χ0n) is 21.3. The van der Waals surface area contributed by atoms with Crippen LogP contribution in [0.2, 0.25) is 5.54 Å². The lowest BCUT2D eigenvalue weighted by molar-refractivity contribution is 0.0947. The van der Waals surface area contributed by atoms with Crippen LogP contribution in [0.1, 0.15) is 118 Å². The molecule has 0 aliphatic carbocycles. The van der Waals surface area contributed by atoms with Crippen LogP contribution < -0.4 is 5.73 Å². The van der Waals surface area contributed by atoms with E-state index in [0.717, 1.165) is 12.8 Å². The zero-order valence-corrected chi connectivity index (χ0v) is 23.1. The predicted molar refractivity (Wildman–Crippen MR) is 136 cm³/mol. The molecule has 0 aromatic heterocycles. The molecule has 0 aromatic carbocycles. The smallest absolute Gasteiger partial charge is 0.377 e. The molecule has 0 aromatic rings. The van der Waals surface area contributed by atoms with Crippen molar-refractivity contribution >= 4 is 21.2 Å². The number of hydrogen-bond donors (Lipinski definition) is 1. The number of nitrogens with two attached hydrogens (primary N) is 1. The van der Waals surface area contributed by atoms with Crippen LogP contribution in [0, 0.1) is 5.92 Å². The standard InChI is InChI=1S/C24H53NO3Si.ClH/c1-8-10-11-12-13-14-15-16-17-18-19-20-22(21-24(3,4)25)23(9-2)29(26-5,27-6)28-7;/h22-23H,8-21,25H2,1-7H3;1H. The molecule has 6 heteroatoms. The Morgan fingerprint density at radius 2 is 1.13 bits per heavy atom. The van der Waals surface area contributed by atoms with E-state index >= 15 is 0 Å². The van der Waals surface area contributed by atoms with Gasteiger partial charge in [0.25, 0.3) is 0 Å². The summed E-state index contributed by atoms with van der Waals surface area (Å²) in [6.45, 7) is 8.76. The highest BCUT2D eigenvalue weighted by Gasteiger charge is 2.50. The third kappa shape index (κ3) is 13.7. The molecule has 0 aliphatic heterocycles. The number of unbranched alkanes of at least 4 members (excludes halogenated alkanes) is 10. The van der Waals surface area contributed by atoms with Gasteiger partial charge in [-0.05, 0) is 32.6 Å². The summed E-state index contributed by atoms with van der Waals surface area (Å²) in [6, 6.07) is 0. The molecule has 0 fully saturated rings. The third-order valence-corrected chi connectivity index (χ3v) is 9.78. The van der Waals surface area contributed by atoms with Gasteiger partial charge in [0, 0.05) is 32.4 Å². The summed E-state index contributed by atoms with van der Waals surface area (Å²) >= 11 is 0. The summed E-state index contributed by atoms with van der Waals surface area (Å²) in [5.41, 5.74) is 6.53. The van der Waals surface area contributed by atoms with Gasteiger partial charge in [-0.15, -0.1) is 12.4 Å². The van der Waals surface area contributed by atoms with Gasteiger partial charge in [0.1, 0.15) is 0 Å². The van der Waals surface area contributed by atoms with Gasteiger partial charge in [0.2, 0.25) is 0 Å². The molecule has 2 atom stereocenters. The highest BCUT2D eigenvalue weighted by atomic mass is 35.5. The summed E-state index contributed by atoms with van der Waals surface area (Å²) in [5, 5.41) is 0. The fraction of sp³-hybridized carbons (Fsp3) is 1.00. The Hall–Kier alpha value is 0.347. The first kappa shape index (κ1) is 32.5. The van der Waals surface area contributed by atoms with Gasteiger partial charge in [0.15, 0.2) is 0 Å². The molecule has 0 saturated heterocycles. The quantitative estimate of drug-likeness (QED) is 0.148. The van der Waals surface area contributed by atoms with E-state index in [1.54, 1.807) is 21.3 Å². The normalized spacial score (nSPS) is 14.4. The summed E-state index contributed by atoms with van der Waals surface area (Å²) in [7, 11) is 2.53. The van der Waals surface area contributed by atoms with Crippen molar-refractivity contribution < 1.29 is 13.3 Å². The van der Waals surface area contributed by atoms with Crippen molar-refractivity contribution in [2.75, 3.05) is 21.3 Å². The molecule has 0 spiro atoms. The van der Waals surface area contributed by atoms with E-state index in [4.69, 9.17) is 19.0 Å². The molecule has 0 bridgehead atoms. The maximum atomic E-state index is 6.42. The van der Waals surface area contributed by atoms with Gasteiger partial charge in [-0.2, -0.15) is 0 Å². The number of hydrogen-bond acceptors (Lipinski definition) is 4. The Bertz CT molecular complexity index is 368. The first-order valence-electron chi connectivity index (χ1n) is 12.2. The van der Waals surface area contributed by atoms with Crippen LogP contribution in [-0.4, -0.2) is 35.7 Å². The van der Waals surface area contributed by atoms with Crippen molar-refractivity contribution in [3.8, 4) is 0 Å². The Balaban J connectivity index is 0. The summed E-state index contributed by atoms with van der Waals surface area (Å²) in [6.07, 6.45) is 18.3. The maximum Gasteiger partial charge on any atom is 0.503 e. The number of halogens is 1. The SMILES string of the molecule is CCCCCCCCCCCCCC(CC(C)(C)N)C(CC)[Si](OC)(OC)OC.Cl. The minimum absolute atomic E-state index is 0. The second-order valence-electron chi connectivity index (χ2n) is 9.51. The van der Waals surface area contributed by atoms with Gasteiger partial charge >= 0.3 is 8.80 Å². The van der Waals surface area contributed by atoms with Crippen molar-refractivity contribution in [2.45, 2.75) is 129 Å². The van der Waals surface area contributed by atoms with Crippen molar-refractivity contribution in [3.63, 3.8) is 0 Å². The van der Waals surface area contributed by atoms with Crippen molar-refractivity contribution in [2.24, 2.45) is 11.7 Å². The summed E-state index contributed by atoms with van der Waals surface area (Å²) < 4.78 is 17.5. The van der Waals surface area contributed by atoms with E-state index in [2.05, 4.69) is 27.7 Å². The minimum atomic E-state index is -2.67. The molecule has 2 N–H and O–H groups in total. The molecule has 0 heterocycles. The predicted octanol–water partition coefficient (Wildman–Crippen LogP) is 7.51. The zero-order chi connectivity index (χ0) is 22.2. The maximum absolute atomic E-state index is 6.42. The molecule has 0 aliphatic rings. The molecule has 0 rings (SSSR count). The van der Waals surface area contributed by atoms with Gasteiger partial charge in [-0.3, -0.25) is 0 Å². The topological polar surface area (TPSA) is 53.7 Å². The Morgan fingerprint density at radius 1 is 0.733 bits per heavy atom. The van der Waals surface area contributed by atoms with Gasteiger partial charge in [-0.1, -0.05) is 90.9 Å². The molecular formula is C24H54ClNO3Si. The van der Waals surface area contributed by atoms with Crippen LogP contribution in [0.25, 0.3) is 0 Å². The molecular weight excluding hydrogens is 414 g/mol. The number of rotatable bonds is 20. The first-order valence-corrected chi connectivity index (χ1v) is 14.0. The molecule has 30 heavy (non-hydrogen) atoms. The van der Waals surface area contributed by atoms with E-state index in [1.165, 1.54) is 77.0 Å². The minimum Gasteiger partial charge on any atom is -0.377 e. The summed E-state index contributed by atoms with van der Waals surface area (Å²) in [5.74, 6) is 0.477. The van der Waals surface area contributed by atoms with Crippen LogP contribution >= 0.6 is 12.4 Å². The van der Waals surface area contributed by atoms with Crippen LogP contribution in [0.5, 0.6) is 0 Å². The fourth-order valence-electron chi connectivity index (χ4n) is 4.77. The van der Waals surface area contributed by atoms with Crippen LogP contribution in [0.3, 0.4) is 0 Å². The Labute approximate surface area is 196 Å². The molecule has 184 valence electrons. The first-order chi connectivity index (χ1) is 13.8. The molecule has 2 unspecified atom stereocenters. The van der Waals surface area contributed by atoms with E-state index in [1.807, 2.05) is 0 Å². The fourth-order valence-corrected chi connectivity index (χ4v) is 7.54. The van der Waals surface area contributed by atoms with E-state index in [0.29, 0.717) is 11.5 Å². The van der Waals surface area contributed by atoms with Crippen LogP contribution in [-0.2, 0) is 13.3 Å². The third-order valence-electron chi connectivity index (χ3n) is 6.28. The Kier molecular flexibility index (Phi) is 20.5. The molecule has 4 nitrogen and oxygen atoms in total. The monoisotopic (exact) mass is 467 g/mol. The van der Waals surface area contributed by atoms with E-state index in [9.17, 15) is 0 Å². The summed E-state index contributed by atoms with van der Waals surface area (Å²) in [4.78, 5) is 0. The van der Waals surface area contributed by atoms with Crippen molar-refractivity contribution in [1.82, 2.24) is 0 Å². The average Bonchev–Trinajstić information content (AvgIpc) is 2.68. The lowest BCUT2D eigenvalue weighted by Gasteiger charge is -2.39. The largest absolute Gasteiger partial charge is 0.503 e. The average molecular weight is 468 g/mol. The van der Waals surface area contributed by atoms with Gasteiger partial charge in [-0.25, -0.2) is 0 Å². The lowest BCUT2D eigenvalue weighted by atomic mass is 9.84. The van der Waals surface area contributed by atoms with E-state index in [-0.39, 0.29) is 17.9 Å². The lowest BCUT2D eigenvalue weighted by Crippen LogP contribution is -2.51. The molecule has 0 amide bonds. The second kappa shape index (κ2) is 18.9. The van der Waals surface area contributed by atoms with Gasteiger partial charge < -0.3 is 19.0 Å². The highest BCUT2D eigenvalue weighted by Crippen LogP contribution is 2.41. The Morgan fingerprint density at radius 3 is 1.47 bits per heavy atom. The molecule has 0 radical (unpaired) electrons. The van der Waals surface area contributed by atoms with Crippen LogP contribution in [0.15, 0.2) is 0 Å². The second-order valence-corrected chi connectivity index (χ2v) is 12.7. The van der Waals surface area contributed by atoms with Crippen LogP contribution in [0.4, 0.5) is 0 Å². The van der Waals surface area contributed by atoms with Gasteiger partial charge in [0.05, 0.1) is 0 Å².